The quantitative estimate of drug-likeness (QED) is 0.141. The van der Waals surface area contributed by atoms with Gasteiger partial charge < -0.3 is 19.7 Å². The summed E-state index contributed by atoms with van der Waals surface area (Å²) in [7, 11) is -3.90. The largest absolute Gasteiger partial charge is 0.481 e. The Balaban J connectivity index is 2.15. The second-order valence-corrected chi connectivity index (χ2v) is 12.1. The number of esters is 1. The second kappa shape index (κ2) is 16.1. The average molecular weight is 590 g/mol. The van der Waals surface area contributed by atoms with Gasteiger partial charge in [-0.05, 0) is 62.4 Å². The summed E-state index contributed by atoms with van der Waals surface area (Å²) in [5.41, 5.74) is 1.81. The number of carbonyl (C=O) groups is 4. The Kier molecular flexibility index (Phi) is 13.2. The molecule has 0 fully saturated rings. The summed E-state index contributed by atoms with van der Waals surface area (Å²) in [6, 6.07) is 13.6. The molecule has 0 bridgehead atoms. The van der Waals surface area contributed by atoms with Crippen LogP contribution in [0.2, 0.25) is 0 Å². The molecule has 2 unspecified atom stereocenters. The summed E-state index contributed by atoms with van der Waals surface area (Å²) in [6.07, 6.45) is -1.14. The van der Waals surface area contributed by atoms with E-state index in [4.69, 9.17) is 18.9 Å². The number of ketones is 1. The van der Waals surface area contributed by atoms with E-state index in [-0.39, 0.29) is 55.5 Å². The first kappa shape index (κ1) is 33.7. The van der Waals surface area contributed by atoms with Gasteiger partial charge in [-0.15, -0.1) is 0 Å². The number of aliphatic carboxylic acids is 1. The number of amides is 1. The number of rotatable bonds is 17. The van der Waals surface area contributed by atoms with Crippen LogP contribution < -0.4 is 9.84 Å². The zero-order valence-electron chi connectivity index (χ0n) is 24.3. The molecule has 3 atom stereocenters. The van der Waals surface area contributed by atoms with E-state index in [9.17, 15) is 23.7 Å². The molecule has 2 rings (SSSR count). The molecule has 0 aliphatic rings. The van der Waals surface area contributed by atoms with Crippen LogP contribution in [0.25, 0.3) is 0 Å². The first-order chi connectivity index (χ1) is 19.3. The molecule has 0 spiro atoms. The highest BCUT2D eigenvalue weighted by molar-refractivity contribution is 7.54. The van der Waals surface area contributed by atoms with Crippen LogP contribution in [-0.2, 0) is 34.6 Å². The standard InChI is InChI=1S/C30H40NO9P/c1-6-38-30(36)22(5)39-41(37,40-25-10-8-7-9-11-25)17-16-31-29(35)21(4)23-12-13-24(18-20(2)3)26(19-23)27(32)14-15-28(33)34/h7-13,19-22H,6,14-18H2,1-5H3,(H,31,35)(H,33,34)/t21?,22-,41?/m0/s1. The topological polar surface area (TPSA) is 145 Å². The summed E-state index contributed by atoms with van der Waals surface area (Å²) in [5, 5.41) is 11.7. The van der Waals surface area contributed by atoms with Gasteiger partial charge in [-0.25, -0.2) is 9.36 Å². The number of benzene rings is 2. The van der Waals surface area contributed by atoms with Gasteiger partial charge in [0.25, 0.3) is 0 Å². The van der Waals surface area contributed by atoms with Gasteiger partial charge in [-0.2, -0.15) is 0 Å². The average Bonchev–Trinajstić information content (AvgIpc) is 2.91. The summed E-state index contributed by atoms with van der Waals surface area (Å²) in [5.74, 6) is -2.51. The van der Waals surface area contributed by atoms with Gasteiger partial charge in [0.15, 0.2) is 11.9 Å². The monoisotopic (exact) mass is 589 g/mol. The van der Waals surface area contributed by atoms with Gasteiger partial charge in [0.1, 0.15) is 5.75 Å². The molecule has 0 aliphatic heterocycles. The number of hydrogen-bond donors (Lipinski definition) is 2. The molecule has 224 valence electrons. The van der Waals surface area contributed by atoms with E-state index in [0.717, 1.165) is 5.56 Å². The van der Waals surface area contributed by atoms with Crippen LogP contribution in [-0.4, -0.2) is 54.2 Å². The van der Waals surface area contributed by atoms with E-state index in [1.807, 2.05) is 13.8 Å². The third-order valence-electron chi connectivity index (χ3n) is 6.13. The van der Waals surface area contributed by atoms with Crippen molar-refractivity contribution in [1.82, 2.24) is 5.32 Å². The van der Waals surface area contributed by atoms with Crippen LogP contribution in [0.3, 0.4) is 0 Å². The molecular formula is C30H40NO9P. The fourth-order valence-corrected chi connectivity index (χ4v) is 5.66. The number of carboxylic acid groups (broad SMARTS) is 1. The minimum Gasteiger partial charge on any atom is -0.481 e. The Hall–Kier alpha value is -3.49. The van der Waals surface area contributed by atoms with E-state index >= 15 is 0 Å². The van der Waals surface area contributed by atoms with Crippen LogP contribution in [0, 0.1) is 5.92 Å². The van der Waals surface area contributed by atoms with Crippen molar-refractivity contribution in [3.63, 3.8) is 0 Å². The summed E-state index contributed by atoms with van der Waals surface area (Å²) in [4.78, 5) is 49.0. The van der Waals surface area contributed by atoms with Crippen LogP contribution in [0.1, 0.15) is 74.9 Å². The van der Waals surface area contributed by atoms with Crippen molar-refractivity contribution < 1.29 is 42.6 Å². The van der Waals surface area contributed by atoms with Crippen LogP contribution in [0.4, 0.5) is 0 Å². The maximum Gasteiger partial charge on any atom is 0.381 e. The number of para-hydroxylation sites is 1. The van der Waals surface area contributed by atoms with Gasteiger partial charge in [0, 0.05) is 18.5 Å². The molecule has 0 aromatic heterocycles. The predicted octanol–water partition coefficient (Wildman–Crippen LogP) is 5.39. The second-order valence-electron chi connectivity index (χ2n) is 10.1. The van der Waals surface area contributed by atoms with Gasteiger partial charge in [0.2, 0.25) is 5.91 Å². The lowest BCUT2D eigenvalue weighted by molar-refractivity contribution is -0.150. The molecule has 0 saturated heterocycles. The molecule has 0 heterocycles. The maximum atomic E-state index is 13.6. The number of carbonyl (C=O) groups excluding carboxylic acids is 3. The molecule has 41 heavy (non-hydrogen) atoms. The van der Waals surface area contributed by atoms with E-state index in [0.29, 0.717) is 17.5 Å². The number of Topliss-reactive ketones (excluding diaryl/α,β-unsaturated/α-hetero) is 1. The van der Waals surface area contributed by atoms with Gasteiger partial charge >= 0.3 is 19.5 Å². The summed E-state index contributed by atoms with van der Waals surface area (Å²) < 4.78 is 29.7. The van der Waals surface area contributed by atoms with Crippen molar-refractivity contribution in [3.05, 3.63) is 65.2 Å². The number of carboxylic acids is 1. The Morgan fingerprint density at radius 2 is 1.66 bits per heavy atom. The van der Waals surface area contributed by atoms with E-state index < -0.39 is 31.6 Å². The van der Waals surface area contributed by atoms with Crippen molar-refractivity contribution >= 4 is 31.2 Å². The third kappa shape index (κ3) is 11.1. The molecule has 2 N–H and O–H groups in total. The van der Waals surface area contributed by atoms with Gasteiger partial charge in [-0.1, -0.05) is 44.2 Å². The van der Waals surface area contributed by atoms with Crippen molar-refractivity contribution in [1.29, 1.82) is 0 Å². The number of hydrogen-bond acceptors (Lipinski definition) is 8. The van der Waals surface area contributed by atoms with Crippen LogP contribution in [0.15, 0.2) is 48.5 Å². The molecule has 0 radical (unpaired) electrons. The maximum absolute atomic E-state index is 13.6. The minimum atomic E-state index is -3.90. The van der Waals surface area contributed by atoms with E-state index in [1.54, 1.807) is 62.4 Å². The van der Waals surface area contributed by atoms with Crippen molar-refractivity contribution in [2.45, 2.75) is 65.9 Å². The van der Waals surface area contributed by atoms with E-state index in [1.165, 1.54) is 6.92 Å². The summed E-state index contributed by atoms with van der Waals surface area (Å²) in [6.45, 7) is 8.85. The summed E-state index contributed by atoms with van der Waals surface area (Å²) >= 11 is 0. The highest BCUT2D eigenvalue weighted by Crippen LogP contribution is 2.49. The Morgan fingerprint density at radius 3 is 2.27 bits per heavy atom. The molecule has 10 nitrogen and oxygen atoms in total. The van der Waals surface area contributed by atoms with Crippen molar-refractivity contribution in [2.24, 2.45) is 5.92 Å². The molecular weight excluding hydrogens is 549 g/mol. The molecule has 2 aromatic rings. The third-order valence-corrected chi connectivity index (χ3v) is 8.03. The molecule has 11 heteroatoms. The zero-order valence-corrected chi connectivity index (χ0v) is 25.1. The van der Waals surface area contributed by atoms with Crippen molar-refractivity contribution in [2.75, 3.05) is 19.3 Å². The Labute approximate surface area is 241 Å². The van der Waals surface area contributed by atoms with E-state index in [2.05, 4.69) is 5.32 Å². The Morgan fingerprint density at radius 1 is 0.976 bits per heavy atom. The predicted molar refractivity (Wildman–Crippen MR) is 154 cm³/mol. The molecule has 0 aliphatic carbocycles. The van der Waals surface area contributed by atoms with Crippen molar-refractivity contribution in [3.8, 4) is 5.75 Å². The van der Waals surface area contributed by atoms with Gasteiger partial charge in [0.05, 0.1) is 25.1 Å². The first-order valence-electron chi connectivity index (χ1n) is 13.7. The number of ether oxygens (including phenoxy) is 1. The lowest BCUT2D eigenvalue weighted by Gasteiger charge is -2.23. The van der Waals surface area contributed by atoms with Gasteiger partial charge in [-0.3, -0.25) is 18.9 Å². The Bertz CT molecular complexity index is 1250. The zero-order chi connectivity index (χ0) is 30.6. The lowest BCUT2D eigenvalue weighted by Crippen LogP contribution is -2.32. The smallest absolute Gasteiger partial charge is 0.381 e. The molecule has 1 amide bonds. The molecule has 2 aromatic carbocycles. The van der Waals surface area contributed by atoms with Crippen LogP contribution in [0.5, 0.6) is 5.75 Å². The highest BCUT2D eigenvalue weighted by Gasteiger charge is 2.32. The van der Waals surface area contributed by atoms with Crippen LogP contribution >= 0.6 is 7.60 Å². The number of nitrogens with one attached hydrogen (secondary N) is 1. The molecule has 0 saturated carbocycles. The highest BCUT2D eigenvalue weighted by atomic mass is 31.2. The fourth-order valence-electron chi connectivity index (χ4n) is 4.02. The first-order valence-corrected chi connectivity index (χ1v) is 15.4. The lowest BCUT2D eigenvalue weighted by atomic mass is 9.89. The minimum absolute atomic E-state index is 0.0708. The normalized spacial score (nSPS) is 14.0. The fraction of sp³-hybridized carbons (Fsp3) is 0.467. The SMILES string of the molecule is CCOC(=O)[C@H](C)OP(=O)(CCNC(=O)C(C)c1ccc(CC(C)C)c(C(=O)CCC(=O)O)c1)Oc1ccccc1.